The SMILES string of the molecule is O=C1CCC23CCCC2CCC13. The Morgan fingerprint density at radius 2 is 2.08 bits per heavy atom. The average molecular weight is 164 g/mol. The summed E-state index contributed by atoms with van der Waals surface area (Å²) >= 11 is 0. The molecule has 3 saturated carbocycles. The van der Waals surface area contributed by atoms with E-state index in [-0.39, 0.29) is 0 Å². The van der Waals surface area contributed by atoms with E-state index in [1.54, 1.807) is 0 Å². The van der Waals surface area contributed by atoms with Gasteiger partial charge in [-0.05, 0) is 43.4 Å². The molecule has 1 spiro atoms. The van der Waals surface area contributed by atoms with Gasteiger partial charge in [0.15, 0.2) is 0 Å². The van der Waals surface area contributed by atoms with Crippen LogP contribution in [0, 0.1) is 17.3 Å². The molecule has 0 aromatic heterocycles. The summed E-state index contributed by atoms with van der Waals surface area (Å²) < 4.78 is 0. The Morgan fingerprint density at radius 3 is 3.00 bits per heavy atom. The lowest BCUT2D eigenvalue weighted by Crippen LogP contribution is -2.24. The molecule has 3 aliphatic rings. The fourth-order valence-corrected chi connectivity index (χ4v) is 4.23. The van der Waals surface area contributed by atoms with E-state index in [9.17, 15) is 4.79 Å². The molecular formula is C11H16O. The van der Waals surface area contributed by atoms with Gasteiger partial charge in [0.2, 0.25) is 0 Å². The Balaban J connectivity index is 2.01. The monoisotopic (exact) mass is 164 g/mol. The minimum atomic E-state index is 0.505. The number of Topliss-reactive ketones (excluding diaryl/α,β-unsaturated/α-hetero) is 1. The van der Waals surface area contributed by atoms with E-state index in [2.05, 4.69) is 0 Å². The van der Waals surface area contributed by atoms with Crippen LogP contribution >= 0.6 is 0 Å². The number of ketones is 1. The molecule has 0 aromatic carbocycles. The molecule has 0 amide bonds. The summed E-state index contributed by atoms with van der Waals surface area (Å²) in [5.74, 6) is 2.04. The summed E-state index contributed by atoms with van der Waals surface area (Å²) in [4.78, 5) is 11.6. The molecule has 0 heterocycles. The van der Waals surface area contributed by atoms with Crippen LogP contribution in [0.25, 0.3) is 0 Å². The number of rotatable bonds is 0. The highest BCUT2D eigenvalue weighted by Crippen LogP contribution is 2.63. The number of hydrogen-bond donors (Lipinski definition) is 0. The zero-order chi connectivity index (χ0) is 8.18. The van der Waals surface area contributed by atoms with Crippen molar-refractivity contribution in [2.45, 2.75) is 44.9 Å². The van der Waals surface area contributed by atoms with Crippen molar-refractivity contribution in [3.8, 4) is 0 Å². The zero-order valence-electron chi connectivity index (χ0n) is 7.51. The molecule has 66 valence electrons. The zero-order valence-corrected chi connectivity index (χ0v) is 7.51. The summed E-state index contributed by atoms with van der Waals surface area (Å²) in [5.41, 5.74) is 0.539. The van der Waals surface area contributed by atoms with E-state index >= 15 is 0 Å². The molecule has 12 heavy (non-hydrogen) atoms. The van der Waals surface area contributed by atoms with Crippen LogP contribution in [0.5, 0.6) is 0 Å². The highest BCUT2D eigenvalue weighted by molar-refractivity contribution is 5.84. The molecule has 1 heteroatoms. The lowest BCUT2D eigenvalue weighted by atomic mass is 9.76. The van der Waals surface area contributed by atoms with Crippen molar-refractivity contribution in [2.24, 2.45) is 17.3 Å². The number of carbonyl (C=O) groups excluding carboxylic acids is 1. The van der Waals surface area contributed by atoms with E-state index in [1.807, 2.05) is 0 Å². The van der Waals surface area contributed by atoms with Crippen molar-refractivity contribution in [3.05, 3.63) is 0 Å². The molecule has 0 N–H and O–H groups in total. The van der Waals surface area contributed by atoms with Crippen LogP contribution < -0.4 is 0 Å². The first-order valence-corrected chi connectivity index (χ1v) is 5.36. The lowest BCUT2D eigenvalue weighted by Gasteiger charge is -2.28. The standard InChI is InChI=1S/C11H16O/c12-10-5-7-11-6-1-2-8(11)3-4-9(10)11/h8-9H,1-7H2. The second kappa shape index (κ2) is 2.12. The van der Waals surface area contributed by atoms with Crippen LogP contribution in [-0.4, -0.2) is 5.78 Å². The minimum absolute atomic E-state index is 0.505. The fourth-order valence-electron chi connectivity index (χ4n) is 4.23. The first-order chi connectivity index (χ1) is 5.83. The van der Waals surface area contributed by atoms with E-state index in [0.29, 0.717) is 17.1 Å². The Morgan fingerprint density at radius 1 is 1.17 bits per heavy atom. The molecule has 3 unspecified atom stereocenters. The van der Waals surface area contributed by atoms with E-state index in [1.165, 1.54) is 38.5 Å². The van der Waals surface area contributed by atoms with E-state index in [0.717, 1.165) is 12.3 Å². The quantitative estimate of drug-likeness (QED) is 0.537. The summed E-state index contributed by atoms with van der Waals surface area (Å²) in [6.07, 6.45) is 8.91. The van der Waals surface area contributed by atoms with Crippen LogP contribution in [0.15, 0.2) is 0 Å². The fraction of sp³-hybridized carbons (Fsp3) is 0.909. The first-order valence-electron chi connectivity index (χ1n) is 5.36. The highest BCUT2D eigenvalue weighted by atomic mass is 16.1. The van der Waals surface area contributed by atoms with Gasteiger partial charge in [-0.25, -0.2) is 0 Å². The third-order valence-corrected chi connectivity index (χ3v) is 4.73. The van der Waals surface area contributed by atoms with Crippen LogP contribution in [0.4, 0.5) is 0 Å². The van der Waals surface area contributed by atoms with Crippen molar-refractivity contribution in [1.82, 2.24) is 0 Å². The number of carbonyl (C=O) groups is 1. The van der Waals surface area contributed by atoms with Crippen LogP contribution in [0.1, 0.15) is 44.9 Å². The molecule has 3 atom stereocenters. The van der Waals surface area contributed by atoms with Gasteiger partial charge in [-0.2, -0.15) is 0 Å². The highest BCUT2D eigenvalue weighted by Gasteiger charge is 2.57. The van der Waals surface area contributed by atoms with Gasteiger partial charge in [0.25, 0.3) is 0 Å². The Hall–Kier alpha value is -0.330. The molecule has 0 saturated heterocycles. The lowest BCUT2D eigenvalue weighted by molar-refractivity contribution is -0.121. The van der Waals surface area contributed by atoms with Gasteiger partial charge in [0.1, 0.15) is 5.78 Å². The van der Waals surface area contributed by atoms with Crippen LogP contribution in [-0.2, 0) is 4.79 Å². The second-order valence-electron chi connectivity index (χ2n) is 4.92. The molecule has 0 aliphatic heterocycles. The molecule has 0 radical (unpaired) electrons. The van der Waals surface area contributed by atoms with Crippen molar-refractivity contribution in [3.63, 3.8) is 0 Å². The van der Waals surface area contributed by atoms with Crippen LogP contribution in [0.2, 0.25) is 0 Å². The molecule has 0 bridgehead atoms. The normalized spacial score (nSPS) is 51.2. The van der Waals surface area contributed by atoms with Gasteiger partial charge in [-0.3, -0.25) is 4.79 Å². The Labute approximate surface area is 73.5 Å². The smallest absolute Gasteiger partial charge is 0.136 e. The largest absolute Gasteiger partial charge is 0.299 e. The van der Waals surface area contributed by atoms with Crippen molar-refractivity contribution >= 4 is 5.78 Å². The van der Waals surface area contributed by atoms with Gasteiger partial charge in [0, 0.05) is 12.3 Å². The van der Waals surface area contributed by atoms with Crippen molar-refractivity contribution < 1.29 is 4.79 Å². The number of hydrogen-bond acceptors (Lipinski definition) is 1. The molecule has 3 rings (SSSR count). The third-order valence-electron chi connectivity index (χ3n) is 4.73. The maximum Gasteiger partial charge on any atom is 0.136 e. The van der Waals surface area contributed by atoms with Crippen molar-refractivity contribution in [1.29, 1.82) is 0 Å². The summed E-state index contributed by atoms with van der Waals surface area (Å²) in [7, 11) is 0. The van der Waals surface area contributed by atoms with Gasteiger partial charge < -0.3 is 0 Å². The molecule has 1 nitrogen and oxygen atoms in total. The average Bonchev–Trinajstić information content (AvgIpc) is 2.62. The second-order valence-corrected chi connectivity index (χ2v) is 4.92. The predicted molar refractivity (Wildman–Crippen MR) is 46.7 cm³/mol. The summed E-state index contributed by atoms with van der Waals surface area (Å²) in [5, 5.41) is 0. The predicted octanol–water partition coefficient (Wildman–Crippen LogP) is 2.55. The van der Waals surface area contributed by atoms with Gasteiger partial charge >= 0.3 is 0 Å². The molecule has 0 aromatic rings. The summed E-state index contributed by atoms with van der Waals surface area (Å²) in [6, 6.07) is 0. The minimum Gasteiger partial charge on any atom is -0.299 e. The van der Waals surface area contributed by atoms with Gasteiger partial charge in [-0.1, -0.05) is 6.42 Å². The Kier molecular flexibility index (Phi) is 1.26. The topological polar surface area (TPSA) is 17.1 Å². The molecule has 3 aliphatic carbocycles. The van der Waals surface area contributed by atoms with E-state index < -0.39 is 0 Å². The maximum absolute atomic E-state index is 11.6. The van der Waals surface area contributed by atoms with Crippen LogP contribution in [0.3, 0.4) is 0 Å². The Bertz CT molecular complexity index is 233. The van der Waals surface area contributed by atoms with Gasteiger partial charge in [0.05, 0.1) is 0 Å². The molecule has 3 fully saturated rings. The summed E-state index contributed by atoms with van der Waals surface area (Å²) in [6.45, 7) is 0. The van der Waals surface area contributed by atoms with E-state index in [4.69, 9.17) is 0 Å². The third kappa shape index (κ3) is 0.641. The maximum atomic E-state index is 11.6. The molecular weight excluding hydrogens is 148 g/mol. The van der Waals surface area contributed by atoms with Gasteiger partial charge in [-0.15, -0.1) is 0 Å². The first kappa shape index (κ1) is 7.11. The van der Waals surface area contributed by atoms with Crippen molar-refractivity contribution in [2.75, 3.05) is 0 Å².